The van der Waals surface area contributed by atoms with Crippen LogP contribution in [-0.2, 0) is 14.6 Å². The summed E-state index contributed by atoms with van der Waals surface area (Å²) in [6.45, 7) is 1.12. The van der Waals surface area contributed by atoms with E-state index in [9.17, 15) is 18.6 Å². The molecule has 0 amide bonds. The van der Waals surface area contributed by atoms with Crippen LogP contribution in [-0.4, -0.2) is 37.7 Å². The molecule has 2 N–H and O–H groups in total. The van der Waals surface area contributed by atoms with Crippen molar-refractivity contribution in [2.75, 3.05) is 13.2 Å². The van der Waals surface area contributed by atoms with Crippen molar-refractivity contribution in [2.24, 2.45) is 4.99 Å². The van der Waals surface area contributed by atoms with Gasteiger partial charge in [0.15, 0.2) is 0 Å². The highest BCUT2D eigenvalue weighted by molar-refractivity contribution is 7.91. The molecule has 1 aliphatic heterocycles. The quantitative estimate of drug-likeness (QED) is 0.898. The van der Waals surface area contributed by atoms with Crippen molar-refractivity contribution in [3.05, 3.63) is 48.0 Å². The third-order valence-electron chi connectivity index (χ3n) is 3.18. The third kappa shape index (κ3) is 2.62. The molecular weight excluding hydrogens is 306 g/mol. The van der Waals surface area contributed by atoms with Gasteiger partial charge in [-0.3, -0.25) is 0 Å². The average Bonchev–Trinajstić information content (AvgIpc) is 3.00. The largest absolute Gasteiger partial charge is 0.508 e. The molecule has 0 bridgehead atoms. The van der Waals surface area contributed by atoms with Gasteiger partial charge >= 0.3 is 0 Å². The molecular formula is C15H13NO5S. The molecule has 0 radical (unpaired) electrons. The molecule has 0 aliphatic carbocycles. The first-order valence-corrected chi connectivity index (χ1v) is 8.01. The Hall–Kier alpha value is -2.54. The van der Waals surface area contributed by atoms with Gasteiger partial charge in [-0.05, 0) is 36.4 Å². The van der Waals surface area contributed by atoms with Crippen LogP contribution < -0.4 is 0 Å². The van der Waals surface area contributed by atoms with Crippen molar-refractivity contribution in [1.29, 1.82) is 0 Å². The van der Waals surface area contributed by atoms with Crippen LogP contribution in [0.1, 0.15) is 5.56 Å². The number of rotatable bonds is 3. The summed E-state index contributed by atoms with van der Waals surface area (Å²) in [6.07, 6.45) is 0. The summed E-state index contributed by atoms with van der Waals surface area (Å²) in [7, 11) is -3.82. The number of aliphatic imine (C=N–C) groups is 1. The number of hydrogen-bond donors (Lipinski definition) is 2. The molecule has 114 valence electrons. The highest BCUT2D eigenvalue weighted by Gasteiger charge is 2.20. The predicted molar refractivity (Wildman–Crippen MR) is 79.0 cm³/mol. The van der Waals surface area contributed by atoms with Crippen molar-refractivity contribution < 1.29 is 23.4 Å². The van der Waals surface area contributed by atoms with E-state index in [0.29, 0.717) is 24.6 Å². The number of benzene rings is 2. The second-order valence-corrected chi connectivity index (χ2v) is 6.70. The normalized spacial score (nSPS) is 14.5. The van der Waals surface area contributed by atoms with E-state index in [1.807, 2.05) is 0 Å². The lowest BCUT2D eigenvalue weighted by molar-refractivity contribution is 0.348. The first-order chi connectivity index (χ1) is 10.5. The zero-order valence-corrected chi connectivity index (χ0v) is 12.2. The van der Waals surface area contributed by atoms with E-state index in [-0.39, 0.29) is 21.3 Å². The maximum atomic E-state index is 12.5. The second-order valence-electron chi connectivity index (χ2n) is 4.75. The fourth-order valence-corrected chi connectivity index (χ4v) is 3.46. The van der Waals surface area contributed by atoms with Crippen LogP contribution in [0.3, 0.4) is 0 Å². The first kappa shape index (κ1) is 14.4. The van der Waals surface area contributed by atoms with E-state index in [0.717, 1.165) is 18.2 Å². The third-order valence-corrected chi connectivity index (χ3v) is 4.93. The Morgan fingerprint density at radius 2 is 1.59 bits per heavy atom. The zero-order valence-electron chi connectivity index (χ0n) is 11.4. The number of sulfone groups is 1. The van der Waals surface area contributed by atoms with Crippen LogP contribution in [0, 0.1) is 0 Å². The summed E-state index contributed by atoms with van der Waals surface area (Å²) in [5.41, 5.74) is 0.704. The lowest BCUT2D eigenvalue weighted by atomic mass is 10.2. The SMILES string of the molecule is O=S(=O)(c1ccc(C2=NCCO2)cc1)c1cc(O)cc(O)c1. The summed E-state index contributed by atoms with van der Waals surface area (Å²) in [6, 6.07) is 9.35. The number of nitrogens with zero attached hydrogens (tertiary/aromatic N) is 1. The maximum absolute atomic E-state index is 12.5. The van der Waals surface area contributed by atoms with Crippen molar-refractivity contribution >= 4 is 15.7 Å². The molecule has 2 aromatic carbocycles. The predicted octanol–water partition coefficient (Wildman–Crippen LogP) is 1.71. The van der Waals surface area contributed by atoms with E-state index >= 15 is 0 Å². The van der Waals surface area contributed by atoms with Gasteiger partial charge in [-0.15, -0.1) is 0 Å². The lowest BCUT2D eigenvalue weighted by Gasteiger charge is -2.07. The molecule has 0 saturated heterocycles. The summed E-state index contributed by atoms with van der Waals surface area (Å²) in [4.78, 5) is 4.04. The lowest BCUT2D eigenvalue weighted by Crippen LogP contribution is -2.04. The summed E-state index contributed by atoms with van der Waals surface area (Å²) in [5.74, 6) is -0.133. The Morgan fingerprint density at radius 3 is 2.14 bits per heavy atom. The van der Waals surface area contributed by atoms with E-state index in [2.05, 4.69) is 4.99 Å². The van der Waals surface area contributed by atoms with Gasteiger partial charge in [0.1, 0.15) is 18.1 Å². The van der Waals surface area contributed by atoms with Gasteiger partial charge in [-0.1, -0.05) is 0 Å². The smallest absolute Gasteiger partial charge is 0.216 e. The summed E-state index contributed by atoms with van der Waals surface area (Å²) < 4.78 is 30.3. The van der Waals surface area contributed by atoms with Crippen LogP contribution >= 0.6 is 0 Å². The molecule has 1 aliphatic rings. The fraction of sp³-hybridized carbons (Fsp3) is 0.133. The molecule has 0 atom stereocenters. The van der Waals surface area contributed by atoms with Gasteiger partial charge < -0.3 is 14.9 Å². The maximum Gasteiger partial charge on any atom is 0.216 e. The number of ether oxygens (including phenoxy) is 1. The topological polar surface area (TPSA) is 96.2 Å². The van der Waals surface area contributed by atoms with Crippen molar-refractivity contribution in [2.45, 2.75) is 9.79 Å². The Labute approximate surface area is 127 Å². The van der Waals surface area contributed by atoms with E-state index in [1.165, 1.54) is 12.1 Å². The van der Waals surface area contributed by atoms with Gasteiger partial charge in [-0.25, -0.2) is 13.4 Å². The average molecular weight is 319 g/mol. The summed E-state index contributed by atoms with van der Waals surface area (Å²) >= 11 is 0. The van der Waals surface area contributed by atoms with Gasteiger partial charge in [0, 0.05) is 11.6 Å². The summed E-state index contributed by atoms with van der Waals surface area (Å²) in [5, 5.41) is 18.9. The molecule has 0 spiro atoms. The minimum absolute atomic E-state index is 0.0554. The molecule has 22 heavy (non-hydrogen) atoms. The molecule has 7 heteroatoms. The van der Waals surface area contributed by atoms with Crippen LogP contribution in [0.4, 0.5) is 0 Å². The fourth-order valence-electron chi connectivity index (χ4n) is 2.15. The van der Waals surface area contributed by atoms with Gasteiger partial charge in [0.25, 0.3) is 0 Å². The number of phenols is 2. The first-order valence-electron chi connectivity index (χ1n) is 6.52. The van der Waals surface area contributed by atoms with Crippen LogP contribution in [0.5, 0.6) is 11.5 Å². The van der Waals surface area contributed by atoms with Crippen LogP contribution in [0.2, 0.25) is 0 Å². The van der Waals surface area contributed by atoms with Crippen LogP contribution in [0.25, 0.3) is 0 Å². The van der Waals surface area contributed by atoms with E-state index in [1.54, 1.807) is 12.1 Å². The highest BCUT2D eigenvalue weighted by atomic mass is 32.2. The van der Waals surface area contributed by atoms with Crippen molar-refractivity contribution in [3.63, 3.8) is 0 Å². The van der Waals surface area contributed by atoms with Crippen molar-refractivity contribution in [1.82, 2.24) is 0 Å². The molecule has 0 saturated carbocycles. The Bertz CT molecular complexity index is 820. The van der Waals surface area contributed by atoms with Gasteiger partial charge in [-0.2, -0.15) is 0 Å². The van der Waals surface area contributed by atoms with Crippen LogP contribution in [0.15, 0.2) is 57.2 Å². The Morgan fingerprint density at radius 1 is 0.955 bits per heavy atom. The molecule has 2 aromatic rings. The highest BCUT2D eigenvalue weighted by Crippen LogP contribution is 2.28. The van der Waals surface area contributed by atoms with Gasteiger partial charge in [0.2, 0.25) is 15.7 Å². The Balaban J connectivity index is 1.98. The second kappa shape index (κ2) is 5.34. The molecule has 1 heterocycles. The standard InChI is InChI=1S/C15H13NO5S/c17-11-7-12(18)9-14(8-11)22(19,20)13-3-1-10(2-4-13)15-16-5-6-21-15/h1-4,7-9,17-18H,5-6H2. The zero-order chi connectivity index (χ0) is 15.7. The molecule has 3 rings (SSSR count). The van der Waals surface area contributed by atoms with Crippen molar-refractivity contribution in [3.8, 4) is 11.5 Å². The minimum Gasteiger partial charge on any atom is -0.508 e. The number of phenolic OH excluding ortho intramolecular Hbond substituents is 2. The Kier molecular flexibility index (Phi) is 3.50. The minimum atomic E-state index is -3.82. The number of aromatic hydroxyl groups is 2. The molecule has 6 nitrogen and oxygen atoms in total. The molecule has 0 unspecified atom stereocenters. The molecule has 0 fully saturated rings. The van der Waals surface area contributed by atoms with E-state index in [4.69, 9.17) is 4.74 Å². The van der Waals surface area contributed by atoms with E-state index < -0.39 is 9.84 Å². The molecule has 0 aromatic heterocycles. The monoisotopic (exact) mass is 319 g/mol. The van der Waals surface area contributed by atoms with Gasteiger partial charge in [0.05, 0.1) is 16.3 Å². The number of hydrogen-bond acceptors (Lipinski definition) is 6.